The van der Waals surface area contributed by atoms with Crippen LogP contribution in [0.1, 0.15) is 13.3 Å². The number of esters is 1. The van der Waals surface area contributed by atoms with E-state index in [0.29, 0.717) is 17.4 Å². The number of para-hydroxylation sites is 1. The molecule has 154 valence electrons. The Bertz CT molecular complexity index is 1180. The van der Waals surface area contributed by atoms with Crippen LogP contribution in [0, 0.1) is 0 Å². The van der Waals surface area contributed by atoms with Crippen LogP contribution >= 0.6 is 11.8 Å². The predicted octanol–water partition coefficient (Wildman–Crippen LogP) is 4.47. The number of aromatic amines is 1. The highest BCUT2D eigenvalue weighted by Gasteiger charge is 2.25. The number of hydrogen-bond donors (Lipinski definition) is 1. The number of rotatable bonds is 7. The molecule has 0 aliphatic carbocycles. The van der Waals surface area contributed by atoms with Crippen molar-refractivity contribution in [3.8, 4) is 22.8 Å². The van der Waals surface area contributed by atoms with Crippen molar-refractivity contribution in [3.05, 3.63) is 54.7 Å². The Kier molecular flexibility index (Phi) is 5.76. The average Bonchev–Trinajstić information content (AvgIpc) is 3.40. The number of aromatic nitrogens is 4. The number of ether oxygens (including phenoxy) is 2. The Labute approximate surface area is 178 Å². The second kappa shape index (κ2) is 8.62. The lowest BCUT2D eigenvalue weighted by Gasteiger charge is -2.14. The molecule has 8 heteroatoms. The zero-order valence-corrected chi connectivity index (χ0v) is 17.8. The molecule has 1 N–H and O–H groups in total. The molecule has 4 rings (SSSR count). The number of carbonyl (C=O) groups excluding carboxylic acids is 1. The predicted molar refractivity (Wildman–Crippen MR) is 117 cm³/mol. The molecule has 0 amide bonds. The maximum atomic E-state index is 12.2. The number of carbonyl (C=O) groups is 1. The molecular weight excluding hydrogens is 400 g/mol. The first-order valence-corrected chi connectivity index (χ1v) is 10.4. The van der Waals surface area contributed by atoms with Gasteiger partial charge in [-0.25, -0.2) is 0 Å². The van der Waals surface area contributed by atoms with Crippen LogP contribution in [-0.4, -0.2) is 45.2 Å². The van der Waals surface area contributed by atoms with E-state index < -0.39 is 0 Å². The average molecular weight is 423 g/mol. The third-order valence-electron chi connectivity index (χ3n) is 4.86. The number of fused-ring (bicyclic) bond motifs is 1. The SMILES string of the molecule is CCC(Sc1nnc(-c2c[nH]c3ccccc23)n1-c1cccc(OC)c1)C(=O)OC. The van der Waals surface area contributed by atoms with E-state index in [-0.39, 0.29) is 11.2 Å². The van der Waals surface area contributed by atoms with E-state index in [1.807, 2.05) is 66.2 Å². The van der Waals surface area contributed by atoms with E-state index >= 15 is 0 Å². The summed E-state index contributed by atoms with van der Waals surface area (Å²) in [5.41, 5.74) is 2.80. The van der Waals surface area contributed by atoms with Gasteiger partial charge in [0.2, 0.25) is 0 Å². The summed E-state index contributed by atoms with van der Waals surface area (Å²) in [5.74, 6) is 1.13. The van der Waals surface area contributed by atoms with Gasteiger partial charge in [-0.2, -0.15) is 0 Å². The minimum absolute atomic E-state index is 0.281. The number of nitrogens with one attached hydrogen (secondary N) is 1. The molecule has 0 radical (unpaired) electrons. The van der Waals surface area contributed by atoms with Crippen molar-refractivity contribution in [2.24, 2.45) is 0 Å². The molecule has 0 bridgehead atoms. The van der Waals surface area contributed by atoms with E-state index in [4.69, 9.17) is 9.47 Å². The van der Waals surface area contributed by atoms with E-state index in [1.54, 1.807) is 7.11 Å². The highest BCUT2D eigenvalue weighted by atomic mass is 32.2. The molecule has 0 aliphatic heterocycles. The fourth-order valence-electron chi connectivity index (χ4n) is 3.32. The maximum absolute atomic E-state index is 12.2. The number of H-pyrrole nitrogens is 1. The molecule has 1 atom stereocenters. The quantitative estimate of drug-likeness (QED) is 0.350. The van der Waals surface area contributed by atoms with Gasteiger partial charge in [0.25, 0.3) is 0 Å². The van der Waals surface area contributed by atoms with Crippen LogP contribution in [0.15, 0.2) is 59.9 Å². The largest absolute Gasteiger partial charge is 0.497 e. The van der Waals surface area contributed by atoms with Crippen molar-refractivity contribution in [1.82, 2.24) is 19.7 Å². The monoisotopic (exact) mass is 422 g/mol. The summed E-state index contributed by atoms with van der Waals surface area (Å²) >= 11 is 1.34. The standard InChI is InChI=1S/C22H22N4O3S/c1-4-19(21(27)29-3)30-22-25-24-20(17-13-23-18-11-6-5-10-16(17)18)26(22)14-8-7-9-15(12-14)28-2/h5-13,19,23H,4H2,1-3H3. The molecule has 0 spiro atoms. The summed E-state index contributed by atoms with van der Waals surface area (Å²) in [6.07, 6.45) is 2.54. The number of thioether (sulfide) groups is 1. The summed E-state index contributed by atoms with van der Waals surface area (Å²) in [4.78, 5) is 15.5. The van der Waals surface area contributed by atoms with Gasteiger partial charge in [0.15, 0.2) is 11.0 Å². The van der Waals surface area contributed by atoms with E-state index in [0.717, 1.165) is 27.9 Å². The van der Waals surface area contributed by atoms with Crippen LogP contribution in [0.2, 0.25) is 0 Å². The van der Waals surface area contributed by atoms with Gasteiger partial charge in [-0.15, -0.1) is 10.2 Å². The zero-order valence-electron chi connectivity index (χ0n) is 17.0. The fraction of sp³-hybridized carbons (Fsp3) is 0.227. The Morgan fingerprint density at radius 3 is 2.77 bits per heavy atom. The number of nitrogens with zero attached hydrogens (tertiary/aromatic N) is 3. The Morgan fingerprint density at radius 2 is 2.00 bits per heavy atom. The molecule has 0 fully saturated rings. The molecule has 7 nitrogen and oxygen atoms in total. The summed E-state index contributed by atoms with van der Waals surface area (Å²) in [5, 5.41) is 10.2. The van der Waals surface area contributed by atoms with Crippen molar-refractivity contribution >= 4 is 28.6 Å². The maximum Gasteiger partial charge on any atom is 0.319 e. The molecule has 1 unspecified atom stereocenters. The topological polar surface area (TPSA) is 82.0 Å². The fourth-order valence-corrected chi connectivity index (χ4v) is 4.32. The highest BCUT2D eigenvalue weighted by molar-refractivity contribution is 8.00. The molecule has 2 aromatic carbocycles. The molecule has 2 heterocycles. The Morgan fingerprint density at radius 1 is 1.17 bits per heavy atom. The van der Waals surface area contributed by atoms with Crippen molar-refractivity contribution in [1.29, 1.82) is 0 Å². The normalized spacial score (nSPS) is 12.1. The van der Waals surface area contributed by atoms with Crippen molar-refractivity contribution in [3.63, 3.8) is 0 Å². The number of hydrogen-bond acceptors (Lipinski definition) is 6. The molecule has 0 saturated carbocycles. The summed E-state index contributed by atoms with van der Waals surface area (Å²) in [6.45, 7) is 1.95. The number of benzene rings is 2. The van der Waals surface area contributed by atoms with Gasteiger partial charge in [0.05, 0.1) is 19.9 Å². The first kappa shape index (κ1) is 20.0. The first-order valence-electron chi connectivity index (χ1n) is 9.57. The van der Waals surface area contributed by atoms with Crippen LogP contribution in [0.25, 0.3) is 28.0 Å². The smallest absolute Gasteiger partial charge is 0.319 e. The molecule has 0 saturated heterocycles. The van der Waals surface area contributed by atoms with Gasteiger partial charge in [0.1, 0.15) is 11.0 Å². The van der Waals surface area contributed by atoms with Gasteiger partial charge in [-0.1, -0.05) is 43.0 Å². The second-order valence-corrected chi connectivity index (χ2v) is 7.80. The summed E-state index contributed by atoms with van der Waals surface area (Å²) < 4.78 is 12.3. The first-order chi connectivity index (χ1) is 14.7. The molecular formula is C22H22N4O3S. The number of methoxy groups -OCH3 is 2. The summed E-state index contributed by atoms with van der Waals surface area (Å²) in [6, 6.07) is 15.7. The van der Waals surface area contributed by atoms with Crippen LogP contribution in [-0.2, 0) is 9.53 Å². The summed E-state index contributed by atoms with van der Waals surface area (Å²) in [7, 11) is 3.03. The lowest BCUT2D eigenvalue weighted by atomic mass is 10.1. The lowest BCUT2D eigenvalue weighted by Crippen LogP contribution is -2.18. The van der Waals surface area contributed by atoms with Crippen molar-refractivity contribution in [2.45, 2.75) is 23.8 Å². The molecule has 0 aliphatic rings. The van der Waals surface area contributed by atoms with E-state index in [1.165, 1.54) is 18.9 Å². The van der Waals surface area contributed by atoms with Crippen molar-refractivity contribution < 1.29 is 14.3 Å². The lowest BCUT2D eigenvalue weighted by molar-refractivity contribution is -0.140. The minimum atomic E-state index is -0.376. The molecule has 30 heavy (non-hydrogen) atoms. The highest BCUT2D eigenvalue weighted by Crippen LogP contribution is 2.35. The Hall–Kier alpha value is -3.26. The van der Waals surface area contributed by atoms with Crippen molar-refractivity contribution in [2.75, 3.05) is 14.2 Å². The third kappa shape index (κ3) is 3.66. The van der Waals surface area contributed by atoms with Gasteiger partial charge in [0, 0.05) is 28.7 Å². The molecule has 4 aromatic rings. The second-order valence-electron chi connectivity index (χ2n) is 6.63. The van der Waals surface area contributed by atoms with Crippen LogP contribution in [0.3, 0.4) is 0 Å². The van der Waals surface area contributed by atoms with E-state index in [2.05, 4.69) is 15.2 Å². The Balaban J connectivity index is 1.88. The van der Waals surface area contributed by atoms with Crippen LogP contribution in [0.5, 0.6) is 5.75 Å². The van der Waals surface area contributed by atoms with E-state index in [9.17, 15) is 4.79 Å². The molecule has 2 aromatic heterocycles. The third-order valence-corrected chi connectivity index (χ3v) is 6.14. The van der Waals surface area contributed by atoms with Gasteiger partial charge >= 0.3 is 5.97 Å². The van der Waals surface area contributed by atoms with Gasteiger partial charge in [-0.3, -0.25) is 9.36 Å². The minimum Gasteiger partial charge on any atom is -0.497 e. The van der Waals surface area contributed by atoms with Crippen LogP contribution in [0.4, 0.5) is 0 Å². The zero-order chi connectivity index (χ0) is 21.1. The van der Waals surface area contributed by atoms with Gasteiger partial charge < -0.3 is 14.5 Å². The van der Waals surface area contributed by atoms with Crippen LogP contribution < -0.4 is 4.74 Å². The van der Waals surface area contributed by atoms with Gasteiger partial charge in [-0.05, 0) is 24.6 Å².